The van der Waals surface area contributed by atoms with Crippen molar-refractivity contribution in [1.29, 1.82) is 0 Å². The Kier molecular flexibility index (Phi) is 7.24. The Morgan fingerprint density at radius 3 is 2.62 bits per heavy atom. The second-order valence-electron chi connectivity index (χ2n) is 7.43. The summed E-state index contributed by atoms with van der Waals surface area (Å²) in [7, 11) is 0. The molecule has 1 heterocycles. The number of rotatable bonds is 7. The maximum Gasteiger partial charge on any atom is 0.330 e. The lowest BCUT2D eigenvalue weighted by Gasteiger charge is -2.38. The molecule has 0 aromatic heterocycles. The number of esters is 1. The number of thioether (sulfide) groups is 1. The van der Waals surface area contributed by atoms with Crippen LogP contribution < -0.4 is 0 Å². The highest BCUT2D eigenvalue weighted by Gasteiger charge is 2.41. The average Bonchev–Trinajstić information content (AvgIpc) is 3.50. The fraction of sp³-hybridized carbons (Fsp3) is 0.500. The van der Waals surface area contributed by atoms with E-state index in [-0.39, 0.29) is 28.7 Å². The minimum Gasteiger partial charge on any atom is -0.463 e. The van der Waals surface area contributed by atoms with Gasteiger partial charge >= 0.3 is 5.97 Å². The average molecular weight is 420 g/mol. The second kappa shape index (κ2) is 9.67. The molecule has 2 atom stereocenters. The van der Waals surface area contributed by atoms with Crippen molar-refractivity contribution in [3.63, 3.8) is 0 Å². The summed E-state index contributed by atoms with van der Waals surface area (Å²) in [4.78, 5) is 38.7. The van der Waals surface area contributed by atoms with E-state index in [0.29, 0.717) is 25.1 Å². The van der Waals surface area contributed by atoms with Gasteiger partial charge in [-0.1, -0.05) is 30.0 Å². The van der Waals surface area contributed by atoms with E-state index >= 15 is 0 Å². The molecule has 156 valence electrons. The van der Waals surface area contributed by atoms with Crippen LogP contribution in [0.25, 0.3) is 0 Å². The van der Waals surface area contributed by atoms with Gasteiger partial charge in [0.15, 0.2) is 10.9 Å². The Balaban J connectivity index is 1.90. The summed E-state index contributed by atoms with van der Waals surface area (Å²) in [6, 6.07) is 5.69. The van der Waals surface area contributed by atoms with Crippen LogP contribution in [0.2, 0.25) is 0 Å². The van der Waals surface area contributed by atoms with Crippen molar-refractivity contribution < 1.29 is 23.5 Å². The first-order chi connectivity index (χ1) is 13.9. The fourth-order valence-electron chi connectivity index (χ4n) is 3.73. The number of piperidine rings is 1. The summed E-state index contributed by atoms with van der Waals surface area (Å²) < 4.78 is 19.6. The Bertz CT molecular complexity index is 821. The van der Waals surface area contributed by atoms with Crippen molar-refractivity contribution in [3.05, 3.63) is 47.3 Å². The minimum absolute atomic E-state index is 0.0265. The van der Waals surface area contributed by atoms with Gasteiger partial charge < -0.3 is 4.74 Å². The lowest BCUT2D eigenvalue weighted by molar-refractivity contribution is -0.137. The molecule has 7 heteroatoms. The fourth-order valence-corrected chi connectivity index (χ4v) is 4.65. The molecule has 1 aromatic carbocycles. The smallest absolute Gasteiger partial charge is 0.330 e. The van der Waals surface area contributed by atoms with Gasteiger partial charge in [-0.3, -0.25) is 14.5 Å². The number of likely N-dealkylation sites (tertiary alicyclic amines) is 1. The zero-order valence-electron chi connectivity index (χ0n) is 16.7. The number of ether oxygens (including phenoxy) is 1. The summed E-state index contributed by atoms with van der Waals surface area (Å²) in [5.74, 6) is -0.859. The third kappa shape index (κ3) is 5.54. The van der Waals surface area contributed by atoms with Crippen molar-refractivity contribution in [2.45, 2.75) is 44.4 Å². The van der Waals surface area contributed by atoms with Crippen LogP contribution in [-0.2, 0) is 19.1 Å². The van der Waals surface area contributed by atoms with Gasteiger partial charge in [-0.05, 0) is 37.8 Å². The first-order valence-corrected chi connectivity index (χ1v) is 10.8. The van der Waals surface area contributed by atoms with Crippen molar-refractivity contribution in [1.82, 2.24) is 4.90 Å². The maximum atomic E-state index is 14.6. The first kappa shape index (κ1) is 21.7. The number of benzene rings is 1. The molecule has 0 N–H and O–H groups in total. The highest BCUT2D eigenvalue weighted by molar-refractivity contribution is 8.14. The molecule has 5 nitrogen and oxygen atoms in total. The second-order valence-corrected chi connectivity index (χ2v) is 8.81. The Labute approximate surface area is 174 Å². The predicted molar refractivity (Wildman–Crippen MR) is 110 cm³/mol. The maximum absolute atomic E-state index is 14.6. The largest absolute Gasteiger partial charge is 0.463 e. The predicted octanol–water partition coefficient (Wildman–Crippen LogP) is 3.69. The summed E-state index contributed by atoms with van der Waals surface area (Å²) in [6.45, 7) is 4.35. The first-order valence-electron chi connectivity index (χ1n) is 9.97. The van der Waals surface area contributed by atoms with Crippen LogP contribution in [-0.4, -0.2) is 46.7 Å². The number of hydrogen-bond donors (Lipinski definition) is 0. The summed E-state index contributed by atoms with van der Waals surface area (Å²) in [5, 5.41) is -0.177. The van der Waals surface area contributed by atoms with Crippen molar-refractivity contribution >= 4 is 28.6 Å². The number of carbonyl (C=O) groups is 3. The number of carbonyl (C=O) groups excluding carboxylic acids is 3. The molecule has 1 aliphatic heterocycles. The topological polar surface area (TPSA) is 63.7 Å². The molecule has 29 heavy (non-hydrogen) atoms. The van der Waals surface area contributed by atoms with E-state index < -0.39 is 17.8 Å². The molecule has 0 radical (unpaired) electrons. The molecule has 2 aliphatic rings. The molecule has 1 saturated carbocycles. The number of ketones is 1. The monoisotopic (exact) mass is 419 g/mol. The highest BCUT2D eigenvalue weighted by Crippen LogP contribution is 2.40. The lowest BCUT2D eigenvalue weighted by Crippen LogP contribution is -2.43. The van der Waals surface area contributed by atoms with Gasteiger partial charge in [0.2, 0.25) is 0 Å². The van der Waals surface area contributed by atoms with Crippen LogP contribution in [0.3, 0.4) is 0 Å². The number of Topliss-reactive ketones (excluding diaryl/α,β-unsaturated/α-hetero) is 1. The molecule has 1 aromatic rings. The van der Waals surface area contributed by atoms with Crippen molar-refractivity contribution in [2.24, 2.45) is 5.92 Å². The van der Waals surface area contributed by atoms with E-state index in [2.05, 4.69) is 0 Å². The molecule has 1 aliphatic carbocycles. The molecule has 0 amide bonds. The lowest BCUT2D eigenvalue weighted by atomic mass is 9.93. The molecule has 0 bridgehead atoms. The molecular formula is C22H26FNO4S. The van der Waals surface area contributed by atoms with Crippen LogP contribution in [0, 0.1) is 11.7 Å². The summed E-state index contributed by atoms with van der Waals surface area (Å²) in [6.07, 6.45) is 3.70. The van der Waals surface area contributed by atoms with Gasteiger partial charge in [-0.15, -0.1) is 0 Å². The van der Waals surface area contributed by atoms with Gasteiger partial charge in [0.1, 0.15) is 5.82 Å². The molecular weight excluding hydrogens is 393 g/mol. The van der Waals surface area contributed by atoms with Crippen LogP contribution in [0.5, 0.6) is 0 Å². The molecule has 0 unspecified atom stereocenters. The van der Waals surface area contributed by atoms with Crippen LogP contribution >= 0.6 is 11.8 Å². The van der Waals surface area contributed by atoms with Crippen molar-refractivity contribution in [3.8, 4) is 0 Å². The van der Waals surface area contributed by atoms with Crippen LogP contribution in [0.1, 0.15) is 44.7 Å². The number of hydrogen-bond acceptors (Lipinski definition) is 6. The molecule has 0 spiro atoms. The van der Waals surface area contributed by atoms with E-state index in [1.807, 2.05) is 4.90 Å². The SMILES string of the molecule is CCOC(=O)/C=C1\CN([C@H](C(=O)C2CC2)c2ccccc2F)CC[C@H]1SC(C)=O. The normalized spacial score (nSPS) is 22.3. The Morgan fingerprint density at radius 2 is 2.00 bits per heavy atom. The van der Waals surface area contributed by atoms with E-state index in [4.69, 9.17) is 4.74 Å². The third-order valence-corrected chi connectivity index (χ3v) is 6.34. The van der Waals surface area contributed by atoms with E-state index in [9.17, 15) is 18.8 Å². The number of halogens is 1. The molecule has 3 rings (SSSR count). The van der Waals surface area contributed by atoms with Gasteiger partial charge in [0.25, 0.3) is 0 Å². The molecule has 1 saturated heterocycles. The summed E-state index contributed by atoms with van der Waals surface area (Å²) in [5.41, 5.74) is 1.11. The van der Waals surface area contributed by atoms with Crippen molar-refractivity contribution in [2.75, 3.05) is 19.7 Å². The van der Waals surface area contributed by atoms with E-state index in [1.54, 1.807) is 25.1 Å². The molecule has 2 fully saturated rings. The quantitative estimate of drug-likeness (QED) is 0.496. The van der Waals surface area contributed by atoms with E-state index in [1.165, 1.54) is 30.8 Å². The number of nitrogens with zero attached hydrogens (tertiary/aromatic N) is 1. The van der Waals surface area contributed by atoms with Gasteiger partial charge in [0.05, 0.1) is 12.6 Å². The van der Waals surface area contributed by atoms with E-state index in [0.717, 1.165) is 18.4 Å². The van der Waals surface area contributed by atoms with Gasteiger partial charge in [-0.25, -0.2) is 9.18 Å². The van der Waals surface area contributed by atoms with Gasteiger partial charge in [-0.2, -0.15) is 0 Å². The van der Waals surface area contributed by atoms with Crippen LogP contribution in [0.15, 0.2) is 35.9 Å². The minimum atomic E-state index is -0.683. The standard InChI is InChI=1S/C22H26FNO4S/c1-3-28-20(26)12-16-13-24(11-10-19(16)29-14(2)25)21(22(27)15-8-9-15)17-6-4-5-7-18(17)23/h4-7,12,15,19,21H,3,8-11,13H2,1-2H3/b16-12+/t19-,21+/m1/s1. The zero-order chi connectivity index (χ0) is 21.0. The third-order valence-electron chi connectivity index (χ3n) is 5.19. The van der Waals surface area contributed by atoms with Gasteiger partial charge in [0, 0.05) is 42.8 Å². The zero-order valence-corrected chi connectivity index (χ0v) is 17.5. The highest BCUT2D eigenvalue weighted by atomic mass is 32.2. The Morgan fingerprint density at radius 1 is 1.28 bits per heavy atom. The summed E-state index contributed by atoms with van der Waals surface area (Å²) >= 11 is 1.18. The van der Waals surface area contributed by atoms with Crippen LogP contribution in [0.4, 0.5) is 4.39 Å². The Hall–Kier alpha value is -1.99.